The maximum Gasteiger partial charge on any atom is 1.00 e. The first-order valence-electron chi connectivity index (χ1n) is 7.71. The minimum Gasteiger partial charge on any atom is -0.860 e. The third-order valence-electron chi connectivity index (χ3n) is 3.95. The van der Waals surface area contributed by atoms with Crippen molar-refractivity contribution in [3.8, 4) is 17.2 Å². The van der Waals surface area contributed by atoms with E-state index in [0.29, 0.717) is 16.7 Å². The van der Waals surface area contributed by atoms with Crippen molar-refractivity contribution in [1.29, 1.82) is 0 Å². The monoisotopic (exact) mass is 380 g/mol. The molecule has 8 heteroatoms. The first-order chi connectivity index (χ1) is 12.1. The molecule has 0 aliphatic carbocycles. The summed E-state index contributed by atoms with van der Waals surface area (Å²) in [5.74, 6) is -0.427. The first kappa shape index (κ1) is 24.1. The zero-order valence-electron chi connectivity index (χ0n) is 15.2. The number of aromatic hydroxyl groups is 2. The zero-order valence-corrected chi connectivity index (χ0v) is 19.2. The molecular weight excluding hydrogens is 365 g/mol. The summed E-state index contributed by atoms with van der Waals surface area (Å²) in [7, 11) is -2.48. The summed E-state index contributed by atoms with van der Waals surface area (Å²) in [6.07, 6.45) is 0. The van der Waals surface area contributed by atoms with Gasteiger partial charge in [0.1, 0.15) is 18.8 Å². The minimum absolute atomic E-state index is 0. The Balaban J connectivity index is 0.00000182. The molecule has 126 valence electrons. The molecule has 5 nitrogen and oxygen atoms in total. The van der Waals surface area contributed by atoms with Crippen LogP contribution in [0.1, 0.15) is 22.6 Å². The second kappa shape index (κ2) is 11.1. The topological polar surface area (TPSA) is 95.8 Å². The zero-order chi connectivity index (χ0) is 17.8. The van der Waals surface area contributed by atoms with E-state index in [2.05, 4.69) is 0 Å². The molecule has 0 radical (unpaired) electrons. The molecule has 0 heterocycles. The average Bonchev–Trinajstić information content (AvgIpc) is 2.59. The van der Waals surface area contributed by atoms with E-state index in [-0.39, 0.29) is 76.4 Å². The van der Waals surface area contributed by atoms with Crippen LogP contribution >= 0.6 is 0 Å². The number of phenolic OH excluding ortho intramolecular Hbond substituents is 2. The molecule has 27 heavy (non-hydrogen) atoms. The summed E-state index contributed by atoms with van der Waals surface area (Å²) >= 11 is 0. The van der Waals surface area contributed by atoms with Crippen molar-refractivity contribution in [2.24, 2.45) is 0 Å². The van der Waals surface area contributed by atoms with E-state index in [4.69, 9.17) is 4.65 Å². The van der Waals surface area contributed by atoms with Gasteiger partial charge in [0, 0.05) is 22.6 Å². The van der Waals surface area contributed by atoms with Gasteiger partial charge in [-0.15, -0.1) is 0 Å². The molecule has 0 unspecified atom stereocenters. The van der Waals surface area contributed by atoms with Crippen molar-refractivity contribution in [3.63, 3.8) is 0 Å². The van der Waals surface area contributed by atoms with Crippen LogP contribution in [0.25, 0.3) is 0 Å². The van der Waals surface area contributed by atoms with Crippen molar-refractivity contribution in [3.05, 3.63) is 89.5 Å². The third kappa shape index (κ3) is 5.76. The van der Waals surface area contributed by atoms with Gasteiger partial charge >= 0.3 is 59.1 Å². The minimum atomic E-state index is -2.48. The van der Waals surface area contributed by atoms with Gasteiger partial charge in [0.15, 0.2) is 0 Å². The van der Waals surface area contributed by atoms with Gasteiger partial charge in [0.2, 0.25) is 0 Å². The average molecular weight is 380 g/mol. The van der Waals surface area contributed by atoms with Gasteiger partial charge in [-0.05, 0) is 18.2 Å². The van der Waals surface area contributed by atoms with Crippen LogP contribution in [0, 0.1) is 0 Å². The van der Waals surface area contributed by atoms with Crippen LogP contribution in [-0.2, 0) is 0 Å². The summed E-state index contributed by atoms with van der Waals surface area (Å²) in [5, 5.41) is 42.6. The Morgan fingerprint density at radius 2 is 1.07 bits per heavy atom. The molecule has 0 spiro atoms. The Hall–Kier alpha value is -0.955. The molecule has 0 aromatic heterocycles. The Kier molecular flexibility index (Phi) is 9.94. The Bertz CT molecular complexity index is 830. The molecule has 0 aliphatic heterocycles. The van der Waals surface area contributed by atoms with E-state index in [9.17, 15) is 20.3 Å². The van der Waals surface area contributed by atoms with E-state index in [1.54, 1.807) is 54.6 Å². The second-order valence-corrected chi connectivity index (χ2v) is 5.49. The van der Waals surface area contributed by atoms with Crippen LogP contribution in [0.4, 0.5) is 0 Å². The fourth-order valence-corrected chi connectivity index (χ4v) is 2.90. The summed E-state index contributed by atoms with van der Waals surface area (Å²) in [6.45, 7) is 0. The number of rotatable bonds is 5. The van der Waals surface area contributed by atoms with Crippen LogP contribution in [0.5, 0.6) is 17.2 Å². The molecule has 3 aromatic carbocycles. The number of benzene rings is 3. The van der Waals surface area contributed by atoms with Gasteiger partial charge in [0.25, 0.3) is 0 Å². The van der Waals surface area contributed by atoms with Crippen molar-refractivity contribution in [1.82, 2.24) is 0 Å². The van der Waals surface area contributed by atoms with Crippen LogP contribution in [-0.4, -0.2) is 17.5 Å². The van der Waals surface area contributed by atoms with Crippen molar-refractivity contribution >= 4 is 7.32 Å². The van der Waals surface area contributed by atoms with E-state index in [1.165, 1.54) is 18.2 Å². The molecule has 0 atom stereocenters. The number of para-hydroxylation sites is 3. The fourth-order valence-electron chi connectivity index (χ4n) is 2.90. The Labute approximate surface area is 202 Å². The van der Waals surface area contributed by atoms with Gasteiger partial charge in [-0.3, -0.25) is 0 Å². The molecule has 3 rings (SSSR count). The maximum absolute atomic E-state index is 11.0. The summed E-state index contributed by atoms with van der Waals surface area (Å²) in [6, 6.07) is 20.0. The van der Waals surface area contributed by atoms with Crippen molar-refractivity contribution in [2.75, 3.05) is 0 Å². The second-order valence-electron chi connectivity index (χ2n) is 5.49. The van der Waals surface area contributed by atoms with Gasteiger partial charge in [-0.1, -0.05) is 54.6 Å². The molecule has 0 saturated carbocycles. The molecule has 0 fully saturated rings. The fraction of sp³-hybridized carbons (Fsp3) is 0.0526. The smallest absolute Gasteiger partial charge is 0.860 e. The van der Waals surface area contributed by atoms with Crippen molar-refractivity contribution < 1.29 is 84.0 Å². The normalized spacial score (nSPS) is 9.89. The van der Waals surface area contributed by atoms with Crippen molar-refractivity contribution in [2.45, 2.75) is 5.92 Å². The number of hydrogen-bond acceptors (Lipinski definition) is 5. The molecule has 0 amide bonds. The van der Waals surface area contributed by atoms with Crippen LogP contribution < -0.4 is 73.8 Å². The molecule has 0 bridgehead atoms. The number of hydrogen-bond donors (Lipinski definition) is 2. The molecule has 2 N–H and O–H groups in total. The standard InChI is InChI=1S/C19H15BO5.2Na/c21-16-10-4-1-7-13(16)19(14-8-2-5-11-17(14)22)15-9-3-6-12-18(15)25-20(23)24;;/h1-12,19,21-22H;;/q-2;2*+1. The quantitative estimate of drug-likeness (QED) is 0.343. The van der Waals surface area contributed by atoms with Crippen LogP contribution in [0.15, 0.2) is 72.8 Å². The third-order valence-corrected chi connectivity index (χ3v) is 3.95. The van der Waals surface area contributed by atoms with Crippen LogP contribution in [0.3, 0.4) is 0 Å². The summed E-state index contributed by atoms with van der Waals surface area (Å²) in [5.41, 5.74) is 1.55. The predicted molar refractivity (Wildman–Crippen MR) is 90.0 cm³/mol. The summed E-state index contributed by atoms with van der Waals surface area (Å²) < 4.78 is 4.87. The predicted octanol–water partition coefficient (Wildman–Crippen LogP) is -4.63. The maximum atomic E-state index is 11.0. The van der Waals surface area contributed by atoms with Crippen LogP contribution in [0.2, 0.25) is 0 Å². The van der Waals surface area contributed by atoms with E-state index in [1.807, 2.05) is 0 Å². The van der Waals surface area contributed by atoms with Gasteiger partial charge in [-0.25, -0.2) is 0 Å². The number of phenols is 2. The van der Waals surface area contributed by atoms with Gasteiger partial charge in [-0.2, -0.15) is 0 Å². The molecular formula is C19H15BNa2O5. The SMILES string of the molecule is [Na+].[Na+].[O-]B([O-])Oc1ccccc1C(c1ccccc1O)c1ccccc1O. The summed E-state index contributed by atoms with van der Waals surface area (Å²) in [4.78, 5) is 0. The largest absolute Gasteiger partial charge is 1.00 e. The van der Waals surface area contributed by atoms with E-state index < -0.39 is 13.2 Å². The van der Waals surface area contributed by atoms with Gasteiger partial charge in [0.05, 0.1) is 5.75 Å². The molecule has 0 saturated heterocycles. The van der Waals surface area contributed by atoms with Gasteiger partial charge < -0.3 is 24.9 Å². The Morgan fingerprint density at radius 3 is 1.52 bits per heavy atom. The van der Waals surface area contributed by atoms with E-state index in [0.717, 1.165) is 0 Å². The molecule has 3 aromatic rings. The molecule has 0 aliphatic rings. The van der Waals surface area contributed by atoms with E-state index >= 15 is 0 Å². The Morgan fingerprint density at radius 1 is 0.667 bits per heavy atom. The first-order valence-corrected chi connectivity index (χ1v) is 7.71.